The van der Waals surface area contributed by atoms with Crippen LogP contribution >= 0.6 is 0 Å². The Morgan fingerprint density at radius 2 is 1.69 bits per heavy atom. The highest BCUT2D eigenvalue weighted by molar-refractivity contribution is 4.47. The maximum atomic E-state index is 8.09. The fourth-order valence-electron chi connectivity index (χ4n) is 0.535. The van der Waals surface area contributed by atoms with Crippen LogP contribution in [0.5, 0.6) is 0 Å². The Morgan fingerprint density at radius 3 is 2.00 bits per heavy atom. The molecular formula is C10H22O3. The van der Waals surface area contributed by atoms with E-state index in [9.17, 15) is 0 Å². The molecule has 0 radical (unpaired) electrons. The van der Waals surface area contributed by atoms with Crippen LogP contribution in [0.2, 0.25) is 0 Å². The van der Waals surface area contributed by atoms with Crippen molar-refractivity contribution in [2.24, 2.45) is 0 Å². The second-order valence-corrected chi connectivity index (χ2v) is 2.55. The van der Waals surface area contributed by atoms with Gasteiger partial charge in [-0.05, 0) is 19.3 Å². The van der Waals surface area contributed by atoms with E-state index in [0.29, 0.717) is 0 Å². The summed E-state index contributed by atoms with van der Waals surface area (Å²) >= 11 is 0. The van der Waals surface area contributed by atoms with Crippen LogP contribution in [0.3, 0.4) is 0 Å². The van der Waals surface area contributed by atoms with Gasteiger partial charge in [0.05, 0.1) is 12.9 Å². The molecule has 0 aromatic rings. The van der Waals surface area contributed by atoms with Crippen molar-refractivity contribution in [1.82, 2.24) is 0 Å². The molecule has 0 rings (SSSR count). The van der Waals surface area contributed by atoms with Gasteiger partial charge in [0.25, 0.3) is 0 Å². The van der Waals surface area contributed by atoms with Crippen LogP contribution in [-0.4, -0.2) is 30.0 Å². The van der Waals surface area contributed by atoms with E-state index in [2.05, 4.69) is 13.5 Å². The summed E-state index contributed by atoms with van der Waals surface area (Å²) in [5.74, 6) is 0. The number of rotatable bonds is 7. The molecule has 0 atom stereocenters. The summed E-state index contributed by atoms with van der Waals surface area (Å²) in [4.78, 5) is 0. The zero-order valence-electron chi connectivity index (χ0n) is 8.54. The normalized spacial score (nSPS) is 8.54. The van der Waals surface area contributed by atoms with Crippen LogP contribution in [0.1, 0.15) is 32.6 Å². The molecule has 3 heteroatoms. The Morgan fingerprint density at radius 1 is 1.15 bits per heavy atom. The summed E-state index contributed by atoms with van der Waals surface area (Å²) < 4.78 is 4.84. The van der Waals surface area contributed by atoms with Crippen LogP contribution in [0.25, 0.3) is 0 Å². The second-order valence-electron chi connectivity index (χ2n) is 2.55. The molecule has 0 amide bonds. The number of hydrogen-bond donors (Lipinski definition) is 2. The first-order valence-electron chi connectivity index (χ1n) is 4.77. The fourth-order valence-corrected chi connectivity index (χ4v) is 0.535. The zero-order chi connectivity index (χ0) is 10.4. The van der Waals surface area contributed by atoms with Crippen LogP contribution in [0, 0.1) is 0 Å². The summed E-state index contributed by atoms with van der Waals surface area (Å²) in [6, 6.07) is 0. The van der Waals surface area contributed by atoms with Crippen molar-refractivity contribution in [2.75, 3.05) is 19.8 Å². The molecule has 13 heavy (non-hydrogen) atoms. The molecule has 0 saturated heterocycles. The molecule has 0 saturated carbocycles. The van der Waals surface area contributed by atoms with Gasteiger partial charge in [0.1, 0.15) is 0 Å². The van der Waals surface area contributed by atoms with Gasteiger partial charge >= 0.3 is 0 Å². The van der Waals surface area contributed by atoms with Crippen molar-refractivity contribution < 1.29 is 14.9 Å². The van der Waals surface area contributed by atoms with Crippen LogP contribution < -0.4 is 0 Å². The third-order valence-corrected chi connectivity index (χ3v) is 1.30. The average Bonchev–Trinajstić information content (AvgIpc) is 2.17. The van der Waals surface area contributed by atoms with E-state index in [0.717, 1.165) is 25.9 Å². The monoisotopic (exact) mass is 190 g/mol. The van der Waals surface area contributed by atoms with E-state index in [-0.39, 0.29) is 13.2 Å². The first-order chi connectivity index (χ1) is 6.33. The van der Waals surface area contributed by atoms with Crippen molar-refractivity contribution in [3.63, 3.8) is 0 Å². The average molecular weight is 190 g/mol. The van der Waals surface area contributed by atoms with Crippen molar-refractivity contribution in [3.8, 4) is 0 Å². The third-order valence-electron chi connectivity index (χ3n) is 1.30. The molecule has 0 bridgehead atoms. The van der Waals surface area contributed by atoms with Crippen LogP contribution in [0.4, 0.5) is 0 Å². The Hall–Kier alpha value is -0.540. The molecular weight excluding hydrogens is 168 g/mol. The van der Waals surface area contributed by atoms with Gasteiger partial charge in [-0.25, -0.2) is 0 Å². The smallest absolute Gasteiger partial charge is 0.0872 e. The molecule has 0 heterocycles. The molecule has 2 N–H and O–H groups in total. The van der Waals surface area contributed by atoms with Crippen molar-refractivity contribution >= 4 is 0 Å². The second kappa shape index (κ2) is 17.5. The van der Waals surface area contributed by atoms with Gasteiger partial charge in [-0.15, -0.1) is 0 Å². The summed E-state index contributed by atoms with van der Waals surface area (Å²) in [6.07, 6.45) is 5.24. The highest BCUT2D eigenvalue weighted by atomic mass is 16.5. The highest BCUT2D eigenvalue weighted by Gasteiger charge is 1.77. The zero-order valence-corrected chi connectivity index (χ0v) is 8.54. The van der Waals surface area contributed by atoms with E-state index in [4.69, 9.17) is 14.9 Å². The maximum Gasteiger partial charge on any atom is 0.0872 e. The minimum absolute atomic E-state index is 0.195. The largest absolute Gasteiger partial charge is 0.502 e. The number of aliphatic hydroxyl groups excluding tert-OH is 2. The van der Waals surface area contributed by atoms with Gasteiger partial charge in [-0.1, -0.05) is 19.9 Å². The molecule has 0 spiro atoms. The minimum Gasteiger partial charge on any atom is -0.502 e. The predicted octanol–water partition coefficient (Wildman–Crippen LogP) is 1.70. The van der Waals surface area contributed by atoms with E-state index >= 15 is 0 Å². The van der Waals surface area contributed by atoms with Crippen molar-refractivity contribution in [1.29, 1.82) is 0 Å². The van der Waals surface area contributed by atoms with Crippen LogP contribution in [-0.2, 0) is 4.74 Å². The molecule has 0 aromatic heterocycles. The highest BCUT2D eigenvalue weighted by Crippen LogP contribution is 1.86. The Bertz CT molecular complexity index is 80.2. The standard InChI is InChI=1S/C6H12O.C4H10O2/c1-3-5-6-7-4-2;5-3-1-2-4-6/h4H,2-3,5-6H2,1H3;5-6H,1-4H2. The first kappa shape index (κ1) is 15.0. The molecule has 3 nitrogen and oxygen atoms in total. The Kier molecular flexibility index (Phi) is 20.2. The summed E-state index contributed by atoms with van der Waals surface area (Å²) in [7, 11) is 0. The van der Waals surface area contributed by atoms with E-state index in [1.807, 2.05) is 0 Å². The van der Waals surface area contributed by atoms with Gasteiger partial charge < -0.3 is 14.9 Å². The predicted molar refractivity (Wildman–Crippen MR) is 54.5 cm³/mol. The summed E-state index contributed by atoms with van der Waals surface area (Å²) in [5, 5.41) is 16.2. The molecule has 0 fully saturated rings. The Labute approximate surface area is 81.0 Å². The number of unbranched alkanes of at least 4 members (excludes halogenated alkanes) is 2. The van der Waals surface area contributed by atoms with Gasteiger partial charge in [-0.3, -0.25) is 0 Å². The van der Waals surface area contributed by atoms with Gasteiger partial charge in [-0.2, -0.15) is 0 Å². The summed E-state index contributed by atoms with van der Waals surface area (Å²) in [5.41, 5.74) is 0. The lowest BCUT2D eigenvalue weighted by molar-refractivity contribution is 0.242. The SMILES string of the molecule is C=COCCCC.OCCCCO. The van der Waals surface area contributed by atoms with E-state index in [1.165, 1.54) is 12.7 Å². The van der Waals surface area contributed by atoms with Gasteiger partial charge in [0.15, 0.2) is 0 Å². The van der Waals surface area contributed by atoms with Crippen molar-refractivity contribution in [3.05, 3.63) is 12.8 Å². The van der Waals surface area contributed by atoms with Crippen LogP contribution in [0.15, 0.2) is 12.8 Å². The van der Waals surface area contributed by atoms with E-state index < -0.39 is 0 Å². The van der Waals surface area contributed by atoms with Gasteiger partial charge in [0, 0.05) is 13.2 Å². The first-order valence-corrected chi connectivity index (χ1v) is 4.77. The molecule has 0 aliphatic heterocycles. The lowest BCUT2D eigenvalue weighted by Gasteiger charge is -1.93. The lowest BCUT2D eigenvalue weighted by atomic mass is 10.3. The topological polar surface area (TPSA) is 49.7 Å². The fraction of sp³-hybridized carbons (Fsp3) is 0.800. The molecule has 0 aliphatic carbocycles. The number of ether oxygens (including phenoxy) is 1. The minimum atomic E-state index is 0.195. The quantitative estimate of drug-likeness (QED) is 0.474. The van der Waals surface area contributed by atoms with E-state index in [1.54, 1.807) is 0 Å². The molecule has 80 valence electrons. The third kappa shape index (κ3) is 24.6. The molecule has 0 aromatic carbocycles. The number of aliphatic hydroxyl groups is 2. The lowest BCUT2D eigenvalue weighted by Crippen LogP contribution is -1.85. The van der Waals surface area contributed by atoms with Gasteiger partial charge in [0.2, 0.25) is 0 Å². The Balaban J connectivity index is 0. The maximum absolute atomic E-state index is 8.09. The molecule has 0 aliphatic rings. The summed E-state index contributed by atoms with van der Waals surface area (Å²) in [6.45, 7) is 6.75. The van der Waals surface area contributed by atoms with Crippen molar-refractivity contribution in [2.45, 2.75) is 32.6 Å². The number of hydrogen-bond acceptors (Lipinski definition) is 3. The molecule has 0 unspecified atom stereocenters.